The average molecular weight is 747 g/mol. The Balaban J connectivity index is 1.54. The van der Waals surface area contributed by atoms with E-state index < -0.39 is 61.0 Å². The molecule has 4 aliphatic carbocycles. The van der Waals surface area contributed by atoms with Crippen molar-refractivity contribution in [2.75, 3.05) is 0 Å². The summed E-state index contributed by atoms with van der Waals surface area (Å²) in [7, 11) is -5.42. The molecular weight excluding hydrogens is 687 g/mol. The third-order valence-electron chi connectivity index (χ3n) is 12.8. The van der Waals surface area contributed by atoms with Crippen molar-refractivity contribution >= 4 is 25.7 Å². The van der Waals surface area contributed by atoms with Crippen LogP contribution in [-0.2, 0) is 47.6 Å². The zero-order valence-electron chi connectivity index (χ0n) is 31.2. The lowest BCUT2D eigenvalue weighted by atomic mass is 9.43. The minimum atomic E-state index is -5.42. The normalized spacial score (nSPS) is 35.8. The van der Waals surface area contributed by atoms with Crippen LogP contribution in [0.3, 0.4) is 0 Å². The molecule has 0 aromatic heterocycles. The van der Waals surface area contributed by atoms with Gasteiger partial charge in [0.2, 0.25) is 0 Å². The molecule has 3 saturated carbocycles. The van der Waals surface area contributed by atoms with E-state index >= 15 is 0 Å². The van der Waals surface area contributed by atoms with Gasteiger partial charge >= 0.3 is 25.7 Å². The maximum absolute atomic E-state index is 13.6. The molecule has 51 heavy (non-hydrogen) atoms. The summed E-state index contributed by atoms with van der Waals surface area (Å²) in [6.45, 7) is 14.7. The van der Waals surface area contributed by atoms with Crippen LogP contribution in [0.5, 0.6) is 0 Å². The van der Waals surface area contributed by atoms with Crippen molar-refractivity contribution in [1.29, 1.82) is 0 Å². The first kappa shape index (κ1) is 41.9. The molecule has 0 aromatic rings. The Bertz CT molecular complexity index is 1320. The highest BCUT2D eigenvalue weighted by Crippen LogP contribution is 2.69. The number of hydrogen-bond donors (Lipinski definition) is 4. The maximum atomic E-state index is 13.6. The average Bonchev–Trinajstić information content (AvgIpc) is 3.42. The van der Waals surface area contributed by atoms with Gasteiger partial charge in [-0.05, 0) is 112 Å². The number of carbonyl (C=O) groups excluding carboxylic acids is 3. The number of aliphatic hydroxyl groups excluding tert-OH is 3. The zero-order chi connectivity index (χ0) is 38.1. The molecule has 0 spiro atoms. The highest BCUT2D eigenvalue weighted by Gasteiger charge is 2.64. The van der Waals surface area contributed by atoms with Crippen LogP contribution < -0.4 is 0 Å². The predicted octanol–water partition coefficient (Wildman–Crippen LogP) is 5.66. The number of phosphoric acid groups is 1. The minimum Gasteiger partial charge on any atom is -0.393 e. The lowest BCUT2D eigenvalue weighted by Gasteiger charge is -2.62. The van der Waals surface area contributed by atoms with Crippen LogP contribution in [0.1, 0.15) is 120 Å². The smallest absolute Gasteiger partial charge is 0.393 e. The second-order valence-electron chi connectivity index (χ2n) is 16.6. The topological polar surface area (TPSA) is 205 Å². The summed E-state index contributed by atoms with van der Waals surface area (Å²) in [5, 5.41) is 41.7. The Kier molecular flexibility index (Phi) is 13.3. The molecule has 4 N–H and O–H groups in total. The fraction of sp³-hybridized carbons (Fsp3) is 0.861. The zero-order valence-corrected chi connectivity index (χ0v) is 32.1. The molecule has 0 aromatic carbocycles. The van der Waals surface area contributed by atoms with Crippen molar-refractivity contribution in [3.63, 3.8) is 0 Å². The molecule has 3 fully saturated rings. The minimum absolute atomic E-state index is 0.0687. The van der Waals surface area contributed by atoms with Crippen molar-refractivity contribution in [3.8, 4) is 0 Å². The predicted molar refractivity (Wildman–Crippen MR) is 181 cm³/mol. The van der Waals surface area contributed by atoms with Crippen LogP contribution in [0.2, 0.25) is 0 Å². The van der Waals surface area contributed by atoms with Crippen molar-refractivity contribution in [2.24, 2.45) is 52.3 Å². The van der Waals surface area contributed by atoms with Crippen molar-refractivity contribution in [3.05, 3.63) is 11.6 Å². The molecule has 12 atom stereocenters. The fourth-order valence-corrected chi connectivity index (χ4v) is 10.8. The molecule has 15 heteroatoms. The van der Waals surface area contributed by atoms with Crippen molar-refractivity contribution < 1.29 is 68.1 Å². The summed E-state index contributed by atoms with van der Waals surface area (Å²) in [6.07, 6.45) is 7.15. The lowest BCUT2D eigenvalue weighted by molar-refractivity contribution is -0.305. The van der Waals surface area contributed by atoms with Crippen LogP contribution in [0.4, 0.5) is 0 Å². The molecule has 0 bridgehead atoms. The van der Waals surface area contributed by atoms with Crippen LogP contribution in [0.25, 0.3) is 0 Å². The van der Waals surface area contributed by atoms with Gasteiger partial charge in [0.15, 0.2) is 17.8 Å². The molecule has 0 saturated heterocycles. The molecule has 0 heterocycles. The van der Waals surface area contributed by atoms with Crippen LogP contribution >= 0.6 is 7.82 Å². The van der Waals surface area contributed by atoms with Gasteiger partial charge in [-0.15, -0.1) is 0 Å². The third kappa shape index (κ3) is 8.75. The van der Waals surface area contributed by atoms with Gasteiger partial charge < -0.3 is 20.4 Å². The van der Waals surface area contributed by atoms with E-state index in [1.807, 2.05) is 0 Å². The highest BCUT2D eigenvalue weighted by molar-refractivity contribution is 7.48. The maximum Gasteiger partial charge on any atom is 0.584 e. The number of rotatable bonds is 15. The van der Waals surface area contributed by atoms with Gasteiger partial charge in [0.25, 0.3) is 0 Å². The Morgan fingerprint density at radius 1 is 0.922 bits per heavy atom. The second-order valence-corrected chi connectivity index (χ2v) is 18.0. The number of fused-ring (bicyclic) bond motifs is 5. The summed E-state index contributed by atoms with van der Waals surface area (Å²) in [6, 6.07) is 0. The monoisotopic (exact) mass is 746 g/mol. The number of aliphatic hydroxyl groups is 4. The van der Waals surface area contributed by atoms with Gasteiger partial charge in [-0.3, -0.25) is 14.7 Å². The number of hydrogen-bond acceptors (Lipinski definition) is 14. The van der Waals surface area contributed by atoms with Gasteiger partial charge in [0.1, 0.15) is 0 Å². The first-order chi connectivity index (χ1) is 23.7. The van der Waals surface area contributed by atoms with E-state index in [0.29, 0.717) is 36.0 Å². The van der Waals surface area contributed by atoms with E-state index in [-0.39, 0.29) is 17.8 Å². The molecule has 4 rings (SSSR count). The molecule has 4 unspecified atom stereocenters. The van der Waals surface area contributed by atoms with Crippen molar-refractivity contribution in [2.45, 2.75) is 144 Å². The van der Waals surface area contributed by atoms with Gasteiger partial charge in [-0.2, -0.15) is 0 Å². The molecule has 14 nitrogen and oxygen atoms in total. The summed E-state index contributed by atoms with van der Waals surface area (Å²) in [4.78, 5) is 50.2. The SMILES string of the molecule is CC(C)CCC[C@@H](C)[C@H]1CC[C@H]2[C@@H]3CC=C4C[C@@H](O)CC(C(C)(O)C(=O)OOP(=O)(OOC(=O)C(C)O)OOC(=O)C(C)O)[C@@]4(C)[C@H]3CC[C@]12C. The van der Waals surface area contributed by atoms with E-state index in [1.54, 1.807) is 0 Å². The quantitative estimate of drug-likeness (QED) is 0.0691. The van der Waals surface area contributed by atoms with Gasteiger partial charge in [-0.25, -0.2) is 18.9 Å². The van der Waals surface area contributed by atoms with E-state index in [4.69, 9.17) is 4.89 Å². The Labute approximate surface area is 300 Å². The molecule has 0 aliphatic heterocycles. The van der Waals surface area contributed by atoms with E-state index in [1.165, 1.54) is 32.6 Å². The molecule has 292 valence electrons. The number of carbonyl (C=O) groups is 3. The summed E-state index contributed by atoms with van der Waals surface area (Å²) in [5.74, 6) is -2.31. The lowest BCUT2D eigenvalue weighted by Crippen LogP contribution is -2.60. The third-order valence-corrected chi connectivity index (χ3v) is 13.6. The summed E-state index contributed by atoms with van der Waals surface area (Å²) >= 11 is 0. The Morgan fingerprint density at radius 2 is 1.51 bits per heavy atom. The molecule has 4 aliphatic rings. The first-order valence-corrected chi connectivity index (χ1v) is 19.9. The Morgan fingerprint density at radius 3 is 2.08 bits per heavy atom. The van der Waals surface area contributed by atoms with E-state index in [9.17, 15) is 39.4 Å². The van der Waals surface area contributed by atoms with Gasteiger partial charge in [-0.1, -0.05) is 79.6 Å². The van der Waals surface area contributed by atoms with E-state index in [2.05, 4.69) is 64.5 Å². The highest BCUT2D eigenvalue weighted by atomic mass is 31.2. The Hall–Kier alpha value is -1.90. The molecule has 0 radical (unpaired) electrons. The number of allylic oxidation sites excluding steroid dienone is 1. The van der Waals surface area contributed by atoms with Crippen LogP contribution in [0, 0.1) is 52.3 Å². The van der Waals surface area contributed by atoms with Crippen molar-refractivity contribution in [1.82, 2.24) is 0 Å². The second kappa shape index (κ2) is 16.2. The van der Waals surface area contributed by atoms with Gasteiger partial charge in [0.05, 0.1) is 6.10 Å². The summed E-state index contributed by atoms with van der Waals surface area (Å²) in [5.41, 5.74) is -1.86. The molecule has 0 amide bonds. The largest absolute Gasteiger partial charge is 0.584 e. The fourth-order valence-electron chi connectivity index (χ4n) is 10.2. The molecular formula is C36H59O14P. The van der Waals surface area contributed by atoms with Crippen LogP contribution in [0.15, 0.2) is 11.6 Å². The van der Waals surface area contributed by atoms with Crippen LogP contribution in [-0.4, -0.2) is 62.2 Å². The van der Waals surface area contributed by atoms with E-state index in [0.717, 1.165) is 45.1 Å². The van der Waals surface area contributed by atoms with Gasteiger partial charge in [0, 0.05) is 5.92 Å². The first-order valence-electron chi connectivity index (χ1n) is 18.4. The standard InChI is InChI=1S/C36H59O14P/c1-20(2)10-9-11-21(3)27-14-15-28-26-13-12-24-18-25(39)19-30(35(24,7)29(26)16-17-34(27,28)6)36(8,43)33(42)47-50-51(44,48-45-31(40)22(4)37)49-46-32(41)23(5)38/h12,20-23,25-30,37-39,43H,9-11,13-19H2,1-8H3/t21-,22?,23?,25-,26+,27-,28+,29+,30?,34-,35-,36?,51?/m1/s1. The summed E-state index contributed by atoms with van der Waals surface area (Å²) < 4.78 is 26.3.